The lowest BCUT2D eigenvalue weighted by atomic mass is 10.1. The van der Waals surface area contributed by atoms with E-state index in [4.69, 9.17) is 22.7 Å². The Bertz CT molecular complexity index is 694. The molecule has 2 N–H and O–H groups in total. The molecule has 8 heteroatoms. The number of halogens is 3. The summed E-state index contributed by atoms with van der Waals surface area (Å²) in [6.45, 7) is 1.77. The zero-order valence-electron chi connectivity index (χ0n) is 11.2. The van der Waals surface area contributed by atoms with Crippen molar-refractivity contribution in [2.24, 2.45) is 12.8 Å². The number of rotatable bonds is 3. The highest BCUT2D eigenvalue weighted by atomic mass is 32.1. The van der Waals surface area contributed by atoms with Gasteiger partial charge in [0.2, 0.25) is 5.88 Å². The zero-order valence-corrected chi connectivity index (χ0v) is 12.0. The molecule has 112 valence electrons. The van der Waals surface area contributed by atoms with Gasteiger partial charge in [0, 0.05) is 13.1 Å². The minimum absolute atomic E-state index is 0.0266. The van der Waals surface area contributed by atoms with Gasteiger partial charge < -0.3 is 10.5 Å². The second-order valence-electron chi connectivity index (χ2n) is 4.42. The Morgan fingerprint density at radius 2 is 2.00 bits per heavy atom. The van der Waals surface area contributed by atoms with Crippen molar-refractivity contribution in [1.29, 1.82) is 0 Å². The molecule has 0 aliphatic heterocycles. The molecule has 4 nitrogen and oxygen atoms in total. The Hall–Kier alpha value is -2.09. The van der Waals surface area contributed by atoms with Gasteiger partial charge in [0.1, 0.15) is 10.7 Å². The summed E-state index contributed by atoms with van der Waals surface area (Å²) < 4.78 is 45.2. The van der Waals surface area contributed by atoms with E-state index in [-0.39, 0.29) is 16.3 Å². The van der Waals surface area contributed by atoms with Gasteiger partial charge in [-0.05, 0) is 25.1 Å². The third-order valence-corrected chi connectivity index (χ3v) is 2.97. The van der Waals surface area contributed by atoms with E-state index in [2.05, 4.69) is 5.10 Å². The van der Waals surface area contributed by atoms with Crippen LogP contribution in [0.2, 0.25) is 0 Å². The Morgan fingerprint density at radius 1 is 1.33 bits per heavy atom. The summed E-state index contributed by atoms with van der Waals surface area (Å²) >= 11 is 4.79. The molecular weight excluding hydrogens is 303 g/mol. The minimum atomic E-state index is -4.47. The molecule has 21 heavy (non-hydrogen) atoms. The van der Waals surface area contributed by atoms with Gasteiger partial charge in [-0.1, -0.05) is 12.2 Å². The summed E-state index contributed by atoms with van der Waals surface area (Å²) in [5.41, 5.74) is 5.40. The molecule has 0 spiro atoms. The number of hydrogen-bond donors (Lipinski definition) is 1. The van der Waals surface area contributed by atoms with Crippen LogP contribution in [0.4, 0.5) is 13.2 Å². The van der Waals surface area contributed by atoms with Gasteiger partial charge in [0.25, 0.3) is 0 Å². The molecule has 0 amide bonds. The van der Waals surface area contributed by atoms with E-state index in [1.165, 1.54) is 10.7 Å². The van der Waals surface area contributed by atoms with Crippen LogP contribution in [0.5, 0.6) is 11.6 Å². The molecule has 0 aliphatic carbocycles. The Labute approximate surface area is 124 Å². The van der Waals surface area contributed by atoms with Crippen LogP contribution in [0.1, 0.15) is 16.8 Å². The van der Waals surface area contributed by atoms with Crippen LogP contribution in [-0.2, 0) is 13.2 Å². The first-order valence-corrected chi connectivity index (χ1v) is 6.29. The van der Waals surface area contributed by atoms with Crippen LogP contribution in [0.3, 0.4) is 0 Å². The quantitative estimate of drug-likeness (QED) is 0.884. The molecule has 0 atom stereocenters. The van der Waals surface area contributed by atoms with Crippen molar-refractivity contribution in [1.82, 2.24) is 9.78 Å². The predicted octanol–water partition coefficient (Wildman–Crippen LogP) is 3.17. The first kappa shape index (κ1) is 15.3. The van der Waals surface area contributed by atoms with Gasteiger partial charge in [0.15, 0.2) is 0 Å². The largest absolute Gasteiger partial charge is 0.439 e. The van der Waals surface area contributed by atoms with Crippen molar-refractivity contribution >= 4 is 17.2 Å². The van der Waals surface area contributed by atoms with Crippen molar-refractivity contribution in [3.8, 4) is 11.6 Å². The van der Waals surface area contributed by atoms with Gasteiger partial charge in [-0.2, -0.15) is 18.3 Å². The first-order chi connectivity index (χ1) is 9.68. The average Bonchev–Trinajstić information content (AvgIpc) is 2.66. The number of ether oxygens (including phenoxy) is 1. The highest BCUT2D eigenvalue weighted by Gasteiger charge is 2.31. The average molecular weight is 315 g/mol. The predicted molar refractivity (Wildman–Crippen MR) is 75.4 cm³/mol. The molecule has 1 aromatic carbocycles. The molecule has 0 fully saturated rings. The highest BCUT2D eigenvalue weighted by Crippen LogP contribution is 2.34. The van der Waals surface area contributed by atoms with Crippen LogP contribution >= 0.6 is 12.2 Å². The summed E-state index contributed by atoms with van der Waals surface area (Å²) in [6.07, 6.45) is -4.47. The molecule has 0 saturated heterocycles. The Balaban J connectivity index is 2.44. The van der Waals surface area contributed by atoms with Crippen molar-refractivity contribution < 1.29 is 17.9 Å². The fourth-order valence-electron chi connectivity index (χ4n) is 1.78. The summed E-state index contributed by atoms with van der Waals surface area (Å²) in [5, 5.41) is 4.09. The molecule has 0 unspecified atom stereocenters. The van der Waals surface area contributed by atoms with E-state index in [9.17, 15) is 13.2 Å². The summed E-state index contributed by atoms with van der Waals surface area (Å²) in [5.74, 6) is 0.531. The maximum absolute atomic E-state index is 12.7. The van der Waals surface area contributed by atoms with Crippen molar-refractivity contribution in [2.45, 2.75) is 13.1 Å². The van der Waals surface area contributed by atoms with E-state index in [1.807, 2.05) is 0 Å². The number of aryl methyl sites for hydroxylation is 2. The van der Waals surface area contributed by atoms with Crippen LogP contribution in [0.15, 0.2) is 24.3 Å². The summed E-state index contributed by atoms with van der Waals surface area (Å²) in [4.78, 5) is -0.171. The highest BCUT2D eigenvalue weighted by molar-refractivity contribution is 7.80. The number of aromatic nitrogens is 2. The standard InChI is InChI=1S/C13H12F3N3OS/c1-7-5-11(19(2)18-7)20-10-4-3-8(13(14,15)16)6-9(10)12(17)21/h3-6H,1-2H3,(H2,17,21). The van der Waals surface area contributed by atoms with Gasteiger partial charge in [-0.25, -0.2) is 4.68 Å². The lowest BCUT2D eigenvalue weighted by Crippen LogP contribution is -2.14. The van der Waals surface area contributed by atoms with Crippen molar-refractivity contribution in [3.63, 3.8) is 0 Å². The number of hydrogen-bond acceptors (Lipinski definition) is 3. The maximum atomic E-state index is 12.7. The minimum Gasteiger partial charge on any atom is -0.439 e. The molecular formula is C13H12F3N3OS. The van der Waals surface area contributed by atoms with Crippen molar-refractivity contribution in [3.05, 3.63) is 41.1 Å². The molecule has 1 heterocycles. The van der Waals surface area contributed by atoms with Gasteiger partial charge in [-0.3, -0.25) is 0 Å². The number of alkyl halides is 3. The lowest BCUT2D eigenvalue weighted by molar-refractivity contribution is -0.137. The van der Waals surface area contributed by atoms with Gasteiger partial charge in [-0.15, -0.1) is 0 Å². The van der Waals surface area contributed by atoms with Crippen LogP contribution in [0, 0.1) is 6.92 Å². The Kier molecular flexibility index (Phi) is 3.91. The number of nitrogens with two attached hydrogens (primary N) is 1. The van der Waals surface area contributed by atoms with E-state index >= 15 is 0 Å². The second kappa shape index (κ2) is 5.36. The topological polar surface area (TPSA) is 53.1 Å². The van der Waals surface area contributed by atoms with E-state index in [0.717, 1.165) is 17.8 Å². The zero-order chi connectivity index (χ0) is 15.8. The fraction of sp³-hybridized carbons (Fsp3) is 0.231. The monoisotopic (exact) mass is 315 g/mol. The number of benzene rings is 1. The molecule has 2 rings (SSSR count). The Morgan fingerprint density at radius 3 is 2.48 bits per heavy atom. The second-order valence-corrected chi connectivity index (χ2v) is 4.86. The van der Waals surface area contributed by atoms with Gasteiger partial charge in [0.05, 0.1) is 16.8 Å². The van der Waals surface area contributed by atoms with Crippen LogP contribution < -0.4 is 10.5 Å². The van der Waals surface area contributed by atoms with Gasteiger partial charge >= 0.3 is 6.18 Å². The maximum Gasteiger partial charge on any atom is 0.416 e. The first-order valence-electron chi connectivity index (χ1n) is 5.88. The number of nitrogens with zero attached hydrogens (tertiary/aromatic N) is 2. The third kappa shape index (κ3) is 3.33. The number of thiocarbonyl (C=S) groups is 1. The normalized spacial score (nSPS) is 11.5. The van der Waals surface area contributed by atoms with Crippen LogP contribution in [0.25, 0.3) is 0 Å². The molecule has 0 saturated carbocycles. The van der Waals surface area contributed by atoms with Crippen LogP contribution in [-0.4, -0.2) is 14.8 Å². The SMILES string of the molecule is Cc1cc(Oc2ccc(C(F)(F)F)cc2C(N)=S)n(C)n1. The summed E-state index contributed by atoms with van der Waals surface area (Å²) in [7, 11) is 1.66. The molecule has 1 aromatic heterocycles. The lowest BCUT2D eigenvalue weighted by Gasteiger charge is -2.13. The molecule has 2 aromatic rings. The molecule has 0 radical (unpaired) electrons. The van der Waals surface area contributed by atoms with E-state index in [0.29, 0.717) is 5.88 Å². The molecule has 0 aliphatic rings. The van der Waals surface area contributed by atoms with Crippen molar-refractivity contribution in [2.75, 3.05) is 0 Å². The van der Waals surface area contributed by atoms with E-state index in [1.54, 1.807) is 20.0 Å². The van der Waals surface area contributed by atoms with E-state index < -0.39 is 11.7 Å². The smallest absolute Gasteiger partial charge is 0.416 e. The fourth-order valence-corrected chi connectivity index (χ4v) is 1.94. The molecule has 0 bridgehead atoms. The summed E-state index contributed by atoms with van der Waals surface area (Å²) in [6, 6.07) is 4.64. The third-order valence-electron chi connectivity index (χ3n) is 2.75.